The molecular formula is C14H16FN3. The Hall–Kier alpha value is -1.81. The van der Waals surface area contributed by atoms with E-state index in [2.05, 4.69) is 15.3 Å². The zero-order valence-electron chi connectivity index (χ0n) is 10.3. The number of pyridine rings is 2. The first-order valence-electron chi connectivity index (χ1n) is 5.96. The van der Waals surface area contributed by atoms with Gasteiger partial charge in [-0.15, -0.1) is 0 Å². The number of nitrogens with zero attached hydrogens (tertiary/aromatic N) is 2. The Labute approximate surface area is 106 Å². The van der Waals surface area contributed by atoms with Crippen LogP contribution in [0.4, 0.5) is 4.39 Å². The van der Waals surface area contributed by atoms with Gasteiger partial charge in [0.15, 0.2) is 0 Å². The molecule has 0 bridgehead atoms. The molecule has 1 N–H and O–H groups in total. The van der Waals surface area contributed by atoms with Crippen molar-refractivity contribution < 1.29 is 4.39 Å². The van der Waals surface area contributed by atoms with Crippen LogP contribution in [0.15, 0.2) is 43.0 Å². The molecule has 0 saturated carbocycles. The standard InChI is InChI=1S/C14H16FN3/c1-16-14(12-8-13(15)10-18-9-12)3-2-11-4-6-17-7-5-11/h4-10,14,16H,2-3H2,1H3. The van der Waals surface area contributed by atoms with Gasteiger partial charge in [0.1, 0.15) is 5.82 Å². The van der Waals surface area contributed by atoms with E-state index in [0.29, 0.717) is 0 Å². The molecule has 1 unspecified atom stereocenters. The highest BCUT2D eigenvalue weighted by atomic mass is 19.1. The molecule has 2 aromatic rings. The van der Waals surface area contributed by atoms with Gasteiger partial charge in [-0.05, 0) is 49.2 Å². The van der Waals surface area contributed by atoms with Gasteiger partial charge in [-0.3, -0.25) is 9.97 Å². The summed E-state index contributed by atoms with van der Waals surface area (Å²) in [6.07, 6.45) is 8.31. The molecule has 0 radical (unpaired) electrons. The molecule has 2 heterocycles. The van der Waals surface area contributed by atoms with Gasteiger partial charge in [-0.25, -0.2) is 4.39 Å². The van der Waals surface area contributed by atoms with Crippen molar-refractivity contribution in [2.75, 3.05) is 7.05 Å². The average Bonchev–Trinajstić information content (AvgIpc) is 2.41. The molecule has 2 aromatic heterocycles. The Morgan fingerprint density at radius 3 is 2.67 bits per heavy atom. The van der Waals surface area contributed by atoms with Gasteiger partial charge in [0.25, 0.3) is 0 Å². The van der Waals surface area contributed by atoms with Gasteiger partial charge in [0.2, 0.25) is 0 Å². The van der Waals surface area contributed by atoms with Crippen molar-refractivity contribution in [3.8, 4) is 0 Å². The van der Waals surface area contributed by atoms with Crippen molar-refractivity contribution in [3.05, 3.63) is 59.9 Å². The van der Waals surface area contributed by atoms with Crippen LogP contribution >= 0.6 is 0 Å². The summed E-state index contributed by atoms with van der Waals surface area (Å²) < 4.78 is 13.1. The van der Waals surface area contributed by atoms with E-state index in [0.717, 1.165) is 18.4 Å². The fourth-order valence-corrected chi connectivity index (χ4v) is 1.96. The number of aromatic nitrogens is 2. The topological polar surface area (TPSA) is 37.8 Å². The second-order valence-corrected chi connectivity index (χ2v) is 4.17. The fourth-order valence-electron chi connectivity index (χ4n) is 1.96. The molecule has 1 atom stereocenters. The second kappa shape index (κ2) is 6.21. The van der Waals surface area contributed by atoms with Gasteiger partial charge >= 0.3 is 0 Å². The first-order chi connectivity index (χ1) is 8.79. The van der Waals surface area contributed by atoms with E-state index >= 15 is 0 Å². The van der Waals surface area contributed by atoms with Crippen LogP contribution in [-0.4, -0.2) is 17.0 Å². The fraction of sp³-hybridized carbons (Fsp3) is 0.286. The SMILES string of the molecule is CNC(CCc1ccncc1)c1cncc(F)c1. The van der Waals surface area contributed by atoms with Crippen LogP contribution < -0.4 is 5.32 Å². The van der Waals surface area contributed by atoms with E-state index < -0.39 is 0 Å². The average molecular weight is 245 g/mol. The van der Waals surface area contributed by atoms with Crippen molar-refractivity contribution in [2.45, 2.75) is 18.9 Å². The maximum Gasteiger partial charge on any atom is 0.141 e. The molecular weight excluding hydrogens is 229 g/mol. The zero-order valence-corrected chi connectivity index (χ0v) is 10.3. The quantitative estimate of drug-likeness (QED) is 0.879. The zero-order chi connectivity index (χ0) is 12.8. The lowest BCUT2D eigenvalue weighted by molar-refractivity contribution is 0.538. The smallest absolute Gasteiger partial charge is 0.141 e. The third-order valence-electron chi connectivity index (χ3n) is 2.95. The van der Waals surface area contributed by atoms with E-state index in [4.69, 9.17) is 0 Å². The predicted molar refractivity (Wildman–Crippen MR) is 68.6 cm³/mol. The van der Waals surface area contributed by atoms with Crippen LogP contribution in [0.3, 0.4) is 0 Å². The predicted octanol–water partition coefficient (Wildman–Crippen LogP) is 2.51. The van der Waals surface area contributed by atoms with Crippen molar-refractivity contribution in [1.29, 1.82) is 0 Å². The summed E-state index contributed by atoms with van der Waals surface area (Å²) in [5.74, 6) is -0.295. The molecule has 0 fully saturated rings. The van der Waals surface area contributed by atoms with E-state index in [1.165, 1.54) is 17.8 Å². The third kappa shape index (κ3) is 3.34. The third-order valence-corrected chi connectivity index (χ3v) is 2.95. The highest BCUT2D eigenvalue weighted by Crippen LogP contribution is 2.18. The Kier molecular flexibility index (Phi) is 4.36. The molecule has 94 valence electrons. The number of halogens is 1. The molecule has 0 amide bonds. The van der Waals surface area contributed by atoms with Gasteiger partial charge in [0, 0.05) is 24.6 Å². The first-order valence-corrected chi connectivity index (χ1v) is 5.96. The van der Waals surface area contributed by atoms with Gasteiger partial charge < -0.3 is 5.32 Å². The van der Waals surface area contributed by atoms with Crippen LogP contribution in [0, 0.1) is 5.82 Å². The van der Waals surface area contributed by atoms with Crippen molar-refractivity contribution in [3.63, 3.8) is 0 Å². The summed E-state index contributed by atoms with van der Waals surface area (Å²) in [7, 11) is 1.88. The maximum absolute atomic E-state index is 13.1. The van der Waals surface area contributed by atoms with Crippen LogP contribution in [0.25, 0.3) is 0 Å². The van der Waals surface area contributed by atoms with Crippen LogP contribution in [0.1, 0.15) is 23.6 Å². The van der Waals surface area contributed by atoms with E-state index in [9.17, 15) is 4.39 Å². The number of nitrogens with one attached hydrogen (secondary N) is 1. The van der Waals surface area contributed by atoms with Gasteiger partial charge in [-0.2, -0.15) is 0 Å². The van der Waals surface area contributed by atoms with E-state index in [-0.39, 0.29) is 11.9 Å². The highest BCUT2D eigenvalue weighted by Gasteiger charge is 2.10. The van der Waals surface area contributed by atoms with E-state index in [1.807, 2.05) is 19.2 Å². The minimum Gasteiger partial charge on any atom is -0.313 e. The number of hydrogen-bond donors (Lipinski definition) is 1. The molecule has 18 heavy (non-hydrogen) atoms. The summed E-state index contributed by atoms with van der Waals surface area (Å²) in [5, 5.41) is 3.19. The molecule has 0 aliphatic rings. The number of aryl methyl sites for hydroxylation is 1. The number of hydrogen-bond acceptors (Lipinski definition) is 3. The van der Waals surface area contributed by atoms with Crippen molar-refractivity contribution in [2.24, 2.45) is 0 Å². The molecule has 0 aliphatic carbocycles. The highest BCUT2D eigenvalue weighted by molar-refractivity contribution is 5.16. The summed E-state index contributed by atoms with van der Waals surface area (Å²) >= 11 is 0. The first kappa shape index (κ1) is 12.6. The lowest BCUT2D eigenvalue weighted by Crippen LogP contribution is -2.17. The normalized spacial score (nSPS) is 12.3. The van der Waals surface area contributed by atoms with Crippen molar-refractivity contribution in [1.82, 2.24) is 15.3 Å². The summed E-state index contributed by atoms with van der Waals surface area (Å²) in [5.41, 5.74) is 2.11. The second-order valence-electron chi connectivity index (χ2n) is 4.17. The molecule has 2 rings (SSSR count). The van der Waals surface area contributed by atoms with Crippen LogP contribution in [0.5, 0.6) is 0 Å². The lowest BCUT2D eigenvalue weighted by atomic mass is 10.0. The minimum absolute atomic E-state index is 0.112. The molecule has 0 aromatic carbocycles. The Morgan fingerprint density at radius 2 is 2.00 bits per heavy atom. The van der Waals surface area contributed by atoms with Crippen LogP contribution in [-0.2, 0) is 6.42 Å². The summed E-state index contributed by atoms with van der Waals surface area (Å²) in [6, 6.07) is 5.63. The lowest BCUT2D eigenvalue weighted by Gasteiger charge is -2.16. The summed E-state index contributed by atoms with van der Waals surface area (Å²) in [4.78, 5) is 7.87. The molecule has 3 nitrogen and oxygen atoms in total. The Bertz CT molecular complexity index is 487. The van der Waals surface area contributed by atoms with Gasteiger partial charge in [0.05, 0.1) is 6.20 Å². The Balaban J connectivity index is 2.02. The number of rotatable bonds is 5. The van der Waals surface area contributed by atoms with Gasteiger partial charge in [-0.1, -0.05) is 0 Å². The largest absolute Gasteiger partial charge is 0.313 e. The minimum atomic E-state index is -0.295. The molecule has 0 spiro atoms. The van der Waals surface area contributed by atoms with Crippen molar-refractivity contribution >= 4 is 0 Å². The van der Waals surface area contributed by atoms with E-state index in [1.54, 1.807) is 18.6 Å². The monoisotopic (exact) mass is 245 g/mol. The molecule has 0 saturated heterocycles. The Morgan fingerprint density at radius 1 is 1.22 bits per heavy atom. The maximum atomic E-state index is 13.1. The molecule has 4 heteroatoms. The van der Waals surface area contributed by atoms with Crippen LogP contribution in [0.2, 0.25) is 0 Å². The summed E-state index contributed by atoms with van der Waals surface area (Å²) in [6.45, 7) is 0. The molecule has 0 aliphatic heterocycles.